The standard InChI is InChI=1S/C19H13F2NO2S/c20-15-7-4-14(5-8-15)6-9-17-10-11-19(13-22-17)25(23,24)18-3-1-2-16(21)12-18/h1-13H/b9-6+. The Morgan fingerprint density at radius 2 is 1.56 bits per heavy atom. The van der Waals surface area contributed by atoms with Gasteiger partial charge in [0.05, 0.1) is 15.5 Å². The fourth-order valence-corrected chi connectivity index (χ4v) is 3.41. The summed E-state index contributed by atoms with van der Waals surface area (Å²) < 4.78 is 51.0. The Morgan fingerprint density at radius 1 is 0.800 bits per heavy atom. The Labute approximate surface area is 144 Å². The number of rotatable bonds is 4. The number of nitrogens with zero attached hydrogens (tertiary/aromatic N) is 1. The van der Waals surface area contributed by atoms with Crippen LogP contribution < -0.4 is 0 Å². The average molecular weight is 357 g/mol. The van der Waals surface area contributed by atoms with Crippen LogP contribution in [0.15, 0.2) is 76.7 Å². The zero-order valence-corrected chi connectivity index (χ0v) is 13.7. The van der Waals surface area contributed by atoms with Crippen molar-refractivity contribution >= 4 is 22.0 Å². The monoisotopic (exact) mass is 357 g/mol. The molecule has 126 valence electrons. The van der Waals surface area contributed by atoms with Crippen LogP contribution in [0.1, 0.15) is 11.3 Å². The minimum absolute atomic E-state index is 0.0166. The minimum atomic E-state index is -3.82. The number of hydrogen-bond acceptors (Lipinski definition) is 3. The maximum atomic E-state index is 13.3. The molecule has 2 aromatic carbocycles. The Hall–Kier alpha value is -2.86. The van der Waals surface area contributed by atoms with Gasteiger partial charge < -0.3 is 0 Å². The summed E-state index contributed by atoms with van der Waals surface area (Å²) in [5, 5.41) is 0. The Morgan fingerprint density at radius 3 is 2.20 bits per heavy atom. The van der Waals surface area contributed by atoms with Gasteiger partial charge in [0.1, 0.15) is 11.6 Å². The topological polar surface area (TPSA) is 47.0 Å². The summed E-state index contributed by atoms with van der Waals surface area (Å²) in [6.07, 6.45) is 4.65. The van der Waals surface area contributed by atoms with Gasteiger partial charge in [0.25, 0.3) is 0 Å². The van der Waals surface area contributed by atoms with Crippen molar-refractivity contribution in [2.24, 2.45) is 0 Å². The van der Waals surface area contributed by atoms with E-state index in [0.29, 0.717) is 5.69 Å². The second-order valence-corrected chi connectivity index (χ2v) is 7.21. The molecule has 0 saturated carbocycles. The number of aromatic nitrogens is 1. The van der Waals surface area contributed by atoms with Crippen molar-refractivity contribution in [2.45, 2.75) is 9.79 Å². The SMILES string of the molecule is O=S(=O)(c1ccc(/C=C/c2ccc(F)cc2)nc1)c1cccc(F)c1. The van der Waals surface area contributed by atoms with E-state index in [1.165, 1.54) is 42.6 Å². The lowest BCUT2D eigenvalue weighted by Crippen LogP contribution is -2.03. The molecule has 0 aliphatic carbocycles. The highest BCUT2D eigenvalue weighted by Crippen LogP contribution is 2.21. The van der Waals surface area contributed by atoms with Crippen LogP contribution in [0.3, 0.4) is 0 Å². The molecule has 3 rings (SSSR count). The molecule has 1 heterocycles. The maximum Gasteiger partial charge on any atom is 0.208 e. The first-order chi connectivity index (χ1) is 11.9. The van der Waals surface area contributed by atoms with Gasteiger partial charge in [0, 0.05) is 6.20 Å². The zero-order valence-electron chi connectivity index (χ0n) is 12.9. The molecule has 0 atom stereocenters. The van der Waals surface area contributed by atoms with E-state index in [2.05, 4.69) is 4.98 Å². The third kappa shape index (κ3) is 3.97. The van der Waals surface area contributed by atoms with Gasteiger partial charge in [-0.1, -0.05) is 24.3 Å². The van der Waals surface area contributed by atoms with Gasteiger partial charge in [-0.25, -0.2) is 17.2 Å². The molecule has 0 bridgehead atoms. The van der Waals surface area contributed by atoms with Gasteiger partial charge >= 0.3 is 0 Å². The normalized spacial score (nSPS) is 11.8. The number of sulfone groups is 1. The number of hydrogen-bond donors (Lipinski definition) is 0. The summed E-state index contributed by atoms with van der Waals surface area (Å²) in [7, 11) is -3.82. The van der Waals surface area contributed by atoms with Crippen molar-refractivity contribution in [3.8, 4) is 0 Å². The van der Waals surface area contributed by atoms with Crippen molar-refractivity contribution in [3.05, 3.63) is 89.8 Å². The van der Waals surface area contributed by atoms with Crippen LogP contribution >= 0.6 is 0 Å². The molecule has 3 aromatic rings. The Kier molecular flexibility index (Phi) is 4.72. The smallest absolute Gasteiger partial charge is 0.208 e. The van der Waals surface area contributed by atoms with Gasteiger partial charge in [-0.15, -0.1) is 0 Å². The maximum absolute atomic E-state index is 13.3. The van der Waals surface area contributed by atoms with Crippen molar-refractivity contribution < 1.29 is 17.2 Å². The zero-order chi connectivity index (χ0) is 17.9. The molecule has 0 spiro atoms. The van der Waals surface area contributed by atoms with Crippen molar-refractivity contribution in [3.63, 3.8) is 0 Å². The first kappa shape index (κ1) is 17.0. The Balaban J connectivity index is 1.83. The highest BCUT2D eigenvalue weighted by molar-refractivity contribution is 7.91. The van der Waals surface area contributed by atoms with Crippen LogP contribution in [0, 0.1) is 11.6 Å². The third-order valence-electron chi connectivity index (χ3n) is 3.49. The van der Waals surface area contributed by atoms with Crippen LogP contribution in [0.25, 0.3) is 12.2 Å². The average Bonchev–Trinajstić information content (AvgIpc) is 2.62. The molecule has 3 nitrogen and oxygen atoms in total. The molecule has 1 aromatic heterocycles. The lowest BCUT2D eigenvalue weighted by molar-refractivity contribution is 0.590. The van der Waals surface area contributed by atoms with E-state index in [0.717, 1.165) is 11.6 Å². The first-order valence-corrected chi connectivity index (χ1v) is 8.84. The van der Waals surface area contributed by atoms with Crippen molar-refractivity contribution in [1.82, 2.24) is 4.98 Å². The lowest BCUT2D eigenvalue weighted by Gasteiger charge is -2.04. The van der Waals surface area contributed by atoms with Crippen LogP contribution in [0.5, 0.6) is 0 Å². The molecule has 0 unspecified atom stereocenters. The van der Waals surface area contributed by atoms with E-state index in [4.69, 9.17) is 0 Å². The van der Waals surface area contributed by atoms with E-state index >= 15 is 0 Å². The highest BCUT2D eigenvalue weighted by atomic mass is 32.2. The molecular weight excluding hydrogens is 344 g/mol. The Bertz CT molecular complexity index is 1010. The van der Waals surface area contributed by atoms with Crippen molar-refractivity contribution in [2.75, 3.05) is 0 Å². The van der Waals surface area contributed by atoms with Gasteiger partial charge in [0.15, 0.2) is 0 Å². The molecule has 0 amide bonds. The number of benzene rings is 2. The fraction of sp³-hybridized carbons (Fsp3) is 0. The minimum Gasteiger partial charge on any atom is -0.256 e. The summed E-state index contributed by atoms with van der Waals surface area (Å²) in [6, 6.07) is 13.7. The number of halogens is 2. The lowest BCUT2D eigenvalue weighted by atomic mass is 10.2. The molecule has 6 heteroatoms. The van der Waals surface area contributed by atoms with E-state index in [1.807, 2.05) is 0 Å². The van der Waals surface area contributed by atoms with E-state index in [1.54, 1.807) is 30.4 Å². The predicted octanol–water partition coefficient (Wildman–Crippen LogP) is 4.36. The quantitative estimate of drug-likeness (QED) is 0.697. The molecule has 0 aliphatic rings. The van der Waals surface area contributed by atoms with Gasteiger partial charge in [-0.05, 0) is 54.1 Å². The summed E-state index contributed by atoms with van der Waals surface area (Å²) >= 11 is 0. The van der Waals surface area contributed by atoms with Gasteiger partial charge in [-0.3, -0.25) is 4.98 Å². The second-order valence-electron chi connectivity index (χ2n) is 5.26. The number of pyridine rings is 1. The molecule has 0 fully saturated rings. The summed E-state index contributed by atoms with van der Waals surface area (Å²) in [6.45, 7) is 0. The largest absolute Gasteiger partial charge is 0.256 e. The summed E-state index contributed by atoms with van der Waals surface area (Å²) in [5.74, 6) is -0.935. The molecule has 0 N–H and O–H groups in total. The van der Waals surface area contributed by atoms with Crippen molar-refractivity contribution in [1.29, 1.82) is 0 Å². The van der Waals surface area contributed by atoms with Crippen LogP contribution in [0.4, 0.5) is 8.78 Å². The second kappa shape index (κ2) is 6.94. The molecule has 0 aliphatic heterocycles. The highest BCUT2D eigenvalue weighted by Gasteiger charge is 2.18. The third-order valence-corrected chi connectivity index (χ3v) is 5.23. The van der Waals surface area contributed by atoms with Crippen LogP contribution in [0.2, 0.25) is 0 Å². The van der Waals surface area contributed by atoms with E-state index < -0.39 is 15.7 Å². The van der Waals surface area contributed by atoms with E-state index in [9.17, 15) is 17.2 Å². The van der Waals surface area contributed by atoms with Crippen LogP contribution in [-0.4, -0.2) is 13.4 Å². The molecule has 0 radical (unpaired) electrons. The summed E-state index contributed by atoms with van der Waals surface area (Å²) in [5.41, 5.74) is 1.34. The van der Waals surface area contributed by atoms with Crippen LogP contribution in [-0.2, 0) is 9.84 Å². The molecule has 0 saturated heterocycles. The van der Waals surface area contributed by atoms with E-state index in [-0.39, 0.29) is 15.6 Å². The predicted molar refractivity (Wildman–Crippen MR) is 91.4 cm³/mol. The molecule has 25 heavy (non-hydrogen) atoms. The first-order valence-electron chi connectivity index (χ1n) is 7.35. The summed E-state index contributed by atoms with van der Waals surface area (Å²) in [4.78, 5) is 3.95. The van der Waals surface area contributed by atoms with Gasteiger partial charge in [0.2, 0.25) is 9.84 Å². The molecular formula is C19H13F2NO2S. The van der Waals surface area contributed by atoms with Gasteiger partial charge in [-0.2, -0.15) is 0 Å². The fourth-order valence-electron chi connectivity index (χ4n) is 2.18.